The van der Waals surface area contributed by atoms with Crippen molar-refractivity contribution in [3.8, 4) is 11.3 Å². The molecule has 1 aromatic heterocycles. The first kappa shape index (κ1) is 14.8. The lowest BCUT2D eigenvalue weighted by molar-refractivity contribution is 0.152. The number of nitrogens with zero attached hydrogens (tertiary/aromatic N) is 3. The summed E-state index contributed by atoms with van der Waals surface area (Å²) in [6.45, 7) is 7.56. The molecule has 1 heterocycles. The molecule has 0 spiro atoms. The predicted octanol–water partition coefficient (Wildman–Crippen LogP) is 3.42. The zero-order valence-electron chi connectivity index (χ0n) is 12.4. The van der Waals surface area contributed by atoms with E-state index < -0.39 is 6.10 Å². The number of rotatable bonds is 4. The van der Waals surface area contributed by atoms with Crippen LogP contribution in [0.4, 0.5) is 11.5 Å². The Balaban J connectivity index is 1.95. The molecule has 1 atom stereocenters. The second kappa shape index (κ2) is 6.34. The van der Waals surface area contributed by atoms with E-state index in [1.165, 1.54) is 4.68 Å². The molecule has 1 unspecified atom stereocenters. The van der Waals surface area contributed by atoms with Crippen LogP contribution in [0.15, 0.2) is 60.7 Å². The summed E-state index contributed by atoms with van der Waals surface area (Å²) in [5.41, 5.74) is 8.53. The number of benzene rings is 2. The van der Waals surface area contributed by atoms with Gasteiger partial charge in [-0.15, -0.1) is 0 Å². The number of hydrogen-bond acceptors (Lipinski definition) is 3. The Morgan fingerprint density at radius 3 is 2.30 bits per heavy atom. The number of aliphatic hydroxyl groups excluding tert-OH is 1. The number of anilines is 1. The lowest BCUT2D eigenvalue weighted by Crippen LogP contribution is -2.12. The van der Waals surface area contributed by atoms with E-state index in [-0.39, 0.29) is 12.4 Å². The summed E-state index contributed by atoms with van der Waals surface area (Å²) >= 11 is 0. The van der Waals surface area contributed by atoms with Gasteiger partial charge in [-0.25, -0.2) is 4.85 Å². The van der Waals surface area contributed by atoms with Crippen LogP contribution >= 0.6 is 0 Å². The summed E-state index contributed by atoms with van der Waals surface area (Å²) in [6, 6.07) is 18.8. The second-order valence-electron chi connectivity index (χ2n) is 5.17. The highest BCUT2D eigenvalue weighted by Crippen LogP contribution is 2.35. The maximum absolute atomic E-state index is 10.3. The fraction of sp³-hybridized carbons (Fsp3) is 0.111. The van der Waals surface area contributed by atoms with Gasteiger partial charge < -0.3 is 10.8 Å². The van der Waals surface area contributed by atoms with Crippen LogP contribution in [0.25, 0.3) is 16.1 Å². The number of hydrogen-bond donors (Lipinski definition) is 2. The first-order valence-corrected chi connectivity index (χ1v) is 7.23. The fourth-order valence-electron chi connectivity index (χ4n) is 2.45. The van der Waals surface area contributed by atoms with Crippen LogP contribution in [0.1, 0.15) is 11.7 Å². The third kappa shape index (κ3) is 2.93. The van der Waals surface area contributed by atoms with E-state index in [0.29, 0.717) is 11.4 Å². The van der Waals surface area contributed by atoms with Crippen molar-refractivity contribution in [3.63, 3.8) is 0 Å². The Hall–Kier alpha value is -3.10. The molecular formula is C18H16N4O. The van der Waals surface area contributed by atoms with Crippen LogP contribution in [0.3, 0.4) is 0 Å². The highest BCUT2D eigenvalue weighted by atomic mass is 16.3. The fourth-order valence-corrected chi connectivity index (χ4v) is 2.45. The highest BCUT2D eigenvalue weighted by molar-refractivity contribution is 5.82. The summed E-state index contributed by atoms with van der Waals surface area (Å²) < 4.78 is 1.49. The first-order valence-electron chi connectivity index (χ1n) is 7.23. The van der Waals surface area contributed by atoms with Crippen molar-refractivity contribution in [2.75, 3.05) is 5.73 Å². The van der Waals surface area contributed by atoms with E-state index in [2.05, 4.69) is 9.94 Å². The molecule has 0 aliphatic carbocycles. The van der Waals surface area contributed by atoms with E-state index in [0.717, 1.165) is 11.1 Å². The Kier molecular flexibility index (Phi) is 4.09. The Bertz CT molecular complexity index is 835. The Morgan fingerprint density at radius 2 is 1.70 bits per heavy atom. The summed E-state index contributed by atoms with van der Waals surface area (Å²) in [5, 5.41) is 14.8. The molecule has 3 rings (SSSR count). The summed E-state index contributed by atoms with van der Waals surface area (Å²) in [4.78, 5) is 3.51. The van der Waals surface area contributed by atoms with E-state index in [4.69, 9.17) is 12.3 Å². The average Bonchev–Trinajstić information content (AvgIpc) is 2.92. The van der Waals surface area contributed by atoms with E-state index in [1.807, 2.05) is 60.7 Å². The van der Waals surface area contributed by atoms with Gasteiger partial charge in [0.15, 0.2) is 0 Å². The molecule has 0 aliphatic heterocycles. The number of nitrogens with two attached hydrogens (primary N) is 1. The maximum Gasteiger partial charge on any atom is 0.254 e. The minimum Gasteiger partial charge on any atom is -0.393 e. The normalized spacial score (nSPS) is 11.8. The molecule has 0 radical (unpaired) electrons. The molecule has 3 N–H and O–H groups in total. The number of nitrogen functional groups attached to an aromatic ring is 1. The molecule has 2 aromatic carbocycles. The molecule has 0 fully saturated rings. The van der Waals surface area contributed by atoms with Crippen molar-refractivity contribution < 1.29 is 5.11 Å². The van der Waals surface area contributed by atoms with Gasteiger partial charge in [0, 0.05) is 0 Å². The van der Waals surface area contributed by atoms with Gasteiger partial charge >= 0.3 is 0 Å². The molecule has 0 amide bonds. The molecule has 3 aromatic rings. The van der Waals surface area contributed by atoms with Crippen molar-refractivity contribution in [1.82, 2.24) is 9.78 Å². The van der Waals surface area contributed by atoms with Gasteiger partial charge in [0.25, 0.3) is 5.69 Å². The van der Waals surface area contributed by atoms with Crippen LogP contribution in [0, 0.1) is 6.57 Å². The SMILES string of the molecule is [C-]#[N+]c1c(-c2ccccc2)nn(CC(O)c2ccccc2)c1N. The molecule has 0 bridgehead atoms. The van der Waals surface area contributed by atoms with Crippen molar-refractivity contribution in [2.45, 2.75) is 12.6 Å². The molecule has 5 heteroatoms. The zero-order chi connectivity index (χ0) is 16.2. The van der Waals surface area contributed by atoms with Crippen molar-refractivity contribution in [3.05, 3.63) is 77.6 Å². The summed E-state index contributed by atoms with van der Waals surface area (Å²) in [5.74, 6) is 0.272. The predicted molar refractivity (Wildman–Crippen MR) is 89.7 cm³/mol. The smallest absolute Gasteiger partial charge is 0.254 e. The zero-order valence-corrected chi connectivity index (χ0v) is 12.4. The van der Waals surface area contributed by atoms with E-state index in [9.17, 15) is 5.11 Å². The molecule has 0 saturated heterocycles. The molecule has 0 saturated carbocycles. The number of aliphatic hydroxyl groups is 1. The van der Waals surface area contributed by atoms with Gasteiger partial charge in [-0.1, -0.05) is 60.7 Å². The Morgan fingerprint density at radius 1 is 1.09 bits per heavy atom. The van der Waals surface area contributed by atoms with Gasteiger partial charge in [-0.3, -0.25) is 4.68 Å². The molecule has 5 nitrogen and oxygen atoms in total. The lowest BCUT2D eigenvalue weighted by Gasteiger charge is -2.12. The van der Waals surface area contributed by atoms with Gasteiger partial charge in [0.2, 0.25) is 0 Å². The van der Waals surface area contributed by atoms with Crippen LogP contribution in [-0.4, -0.2) is 14.9 Å². The minimum atomic E-state index is -0.736. The quantitative estimate of drug-likeness (QED) is 0.726. The number of aromatic nitrogens is 2. The van der Waals surface area contributed by atoms with Crippen LogP contribution in [0.5, 0.6) is 0 Å². The van der Waals surface area contributed by atoms with Gasteiger partial charge in [0.1, 0.15) is 11.5 Å². The first-order chi connectivity index (χ1) is 11.2. The highest BCUT2D eigenvalue weighted by Gasteiger charge is 2.19. The van der Waals surface area contributed by atoms with Crippen LogP contribution in [-0.2, 0) is 6.54 Å². The largest absolute Gasteiger partial charge is 0.393 e. The minimum absolute atomic E-state index is 0.200. The van der Waals surface area contributed by atoms with E-state index in [1.54, 1.807) is 0 Å². The molecule has 114 valence electrons. The molecule has 23 heavy (non-hydrogen) atoms. The van der Waals surface area contributed by atoms with Crippen LogP contribution < -0.4 is 5.73 Å². The summed E-state index contributed by atoms with van der Waals surface area (Å²) in [7, 11) is 0. The Labute approximate surface area is 134 Å². The topological polar surface area (TPSA) is 68.4 Å². The van der Waals surface area contributed by atoms with Crippen molar-refractivity contribution >= 4 is 11.5 Å². The van der Waals surface area contributed by atoms with Gasteiger partial charge in [-0.2, -0.15) is 5.10 Å². The molecule has 0 aliphatic rings. The monoisotopic (exact) mass is 304 g/mol. The molecular weight excluding hydrogens is 288 g/mol. The summed E-state index contributed by atoms with van der Waals surface area (Å²) in [6.07, 6.45) is -0.736. The van der Waals surface area contributed by atoms with Gasteiger partial charge in [0.05, 0.1) is 19.2 Å². The third-order valence-corrected chi connectivity index (χ3v) is 3.65. The maximum atomic E-state index is 10.3. The standard InChI is InChI=1S/C18H16N4O/c1-20-17-16(14-10-6-3-7-11-14)21-22(18(17)19)12-15(23)13-8-4-2-5-9-13/h2-11,15,23H,12,19H2. The van der Waals surface area contributed by atoms with E-state index >= 15 is 0 Å². The third-order valence-electron chi connectivity index (χ3n) is 3.65. The average molecular weight is 304 g/mol. The van der Waals surface area contributed by atoms with Crippen molar-refractivity contribution in [1.29, 1.82) is 0 Å². The second-order valence-corrected chi connectivity index (χ2v) is 5.17. The lowest BCUT2D eigenvalue weighted by atomic mass is 10.1. The van der Waals surface area contributed by atoms with Crippen molar-refractivity contribution in [2.24, 2.45) is 0 Å². The van der Waals surface area contributed by atoms with Gasteiger partial charge in [-0.05, 0) is 11.1 Å². The van der Waals surface area contributed by atoms with Crippen LogP contribution in [0.2, 0.25) is 0 Å².